The van der Waals surface area contributed by atoms with Gasteiger partial charge in [-0.3, -0.25) is 0 Å². The fourth-order valence-electron chi connectivity index (χ4n) is 3.15. The van der Waals surface area contributed by atoms with Crippen molar-refractivity contribution < 1.29 is 8.42 Å². The van der Waals surface area contributed by atoms with E-state index >= 15 is 0 Å². The van der Waals surface area contributed by atoms with Gasteiger partial charge in [-0.2, -0.15) is 4.31 Å². The van der Waals surface area contributed by atoms with Crippen molar-refractivity contribution in [1.29, 1.82) is 0 Å². The van der Waals surface area contributed by atoms with Crippen LogP contribution < -0.4 is 0 Å². The van der Waals surface area contributed by atoms with Crippen molar-refractivity contribution >= 4 is 10.0 Å². The van der Waals surface area contributed by atoms with E-state index in [1.807, 2.05) is 56.3 Å². The molecule has 0 spiro atoms. The van der Waals surface area contributed by atoms with Crippen molar-refractivity contribution in [3.05, 3.63) is 65.2 Å². The number of hydrogen-bond donors (Lipinski definition) is 0. The Kier molecular flexibility index (Phi) is 4.06. The van der Waals surface area contributed by atoms with E-state index in [9.17, 15) is 8.42 Å². The molecule has 0 aromatic heterocycles. The molecule has 0 aliphatic carbocycles. The summed E-state index contributed by atoms with van der Waals surface area (Å²) in [6.45, 7) is 4.38. The molecule has 1 saturated heterocycles. The van der Waals surface area contributed by atoms with E-state index in [0.29, 0.717) is 11.4 Å². The molecule has 1 aliphatic heterocycles. The zero-order chi connectivity index (χ0) is 15.7. The second kappa shape index (κ2) is 5.86. The van der Waals surface area contributed by atoms with Crippen molar-refractivity contribution in [2.45, 2.75) is 37.6 Å². The second-order valence-electron chi connectivity index (χ2n) is 5.95. The molecule has 1 heterocycles. The molecule has 1 aliphatic rings. The van der Waals surface area contributed by atoms with E-state index < -0.39 is 10.0 Å². The molecule has 1 fully saturated rings. The van der Waals surface area contributed by atoms with Crippen molar-refractivity contribution in [1.82, 2.24) is 4.31 Å². The van der Waals surface area contributed by atoms with E-state index in [-0.39, 0.29) is 6.04 Å². The van der Waals surface area contributed by atoms with Crippen molar-refractivity contribution in [3.8, 4) is 0 Å². The Bertz CT molecular complexity index is 769. The first-order valence-corrected chi connectivity index (χ1v) is 9.08. The molecular formula is C18H21NO2S. The van der Waals surface area contributed by atoms with Gasteiger partial charge in [0.05, 0.1) is 10.9 Å². The lowest BCUT2D eigenvalue weighted by molar-refractivity contribution is 0.396. The molecule has 22 heavy (non-hydrogen) atoms. The van der Waals surface area contributed by atoms with Crippen LogP contribution in [0.2, 0.25) is 0 Å². The molecule has 2 aromatic carbocycles. The Balaban J connectivity index is 2.03. The fourth-order valence-corrected chi connectivity index (χ4v) is 5.14. The quantitative estimate of drug-likeness (QED) is 0.863. The highest BCUT2D eigenvalue weighted by Gasteiger charge is 2.36. The van der Waals surface area contributed by atoms with Gasteiger partial charge in [0.2, 0.25) is 10.0 Å². The van der Waals surface area contributed by atoms with Gasteiger partial charge in [0.25, 0.3) is 0 Å². The zero-order valence-electron chi connectivity index (χ0n) is 13.0. The lowest BCUT2D eigenvalue weighted by Gasteiger charge is -2.25. The van der Waals surface area contributed by atoms with Crippen molar-refractivity contribution in [3.63, 3.8) is 0 Å². The third kappa shape index (κ3) is 2.69. The highest BCUT2D eigenvalue weighted by Crippen LogP contribution is 2.37. The molecule has 3 rings (SSSR count). The van der Waals surface area contributed by atoms with E-state index in [1.54, 1.807) is 10.4 Å². The molecule has 0 N–H and O–H groups in total. The van der Waals surface area contributed by atoms with Gasteiger partial charge in [-0.25, -0.2) is 8.42 Å². The average Bonchev–Trinajstić information content (AvgIpc) is 3.01. The molecule has 0 saturated carbocycles. The number of hydrogen-bond acceptors (Lipinski definition) is 2. The first-order chi connectivity index (χ1) is 10.5. The fraction of sp³-hybridized carbons (Fsp3) is 0.333. The van der Waals surface area contributed by atoms with Crippen LogP contribution in [-0.2, 0) is 10.0 Å². The lowest BCUT2D eigenvalue weighted by Crippen LogP contribution is -2.31. The van der Waals surface area contributed by atoms with Crippen LogP contribution in [0, 0.1) is 13.8 Å². The van der Waals surface area contributed by atoms with Crippen LogP contribution in [0.25, 0.3) is 0 Å². The maximum Gasteiger partial charge on any atom is 0.243 e. The summed E-state index contributed by atoms with van der Waals surface area (Å²) in [5.74, 6) is 0. The molecule has 0 unspecified atom stereocenters. The zero-order valence-corrected chi connectivity index (χ0v) is 13.8. The van der Waals surface area contributed by atoms with E-state index in [4.69, 9.17) is 0 Å². The number of aryl methyl sites for hydroxylation is 2. The molecule has 4 heteroatoms. The number of benzene rings is 2. The minimum atomic E-state index is -3.46. The van der Waals surface area contributed by atoms with Crippen LogP contribution in [0.5, 0.6) is 0 Å². The van der Waals surface area contributed by atoms with Crippen LogP contribution in [-0.4, -0.2) is 19.3 Å². The molecule has 1 atom stereocenters. The maximum atomic E-state index is 13.1. The summed E-state index contributed by atoms with van der Waals surface area (Å²) < 4.78 is 27.9. The van der Waals surface area contributed by atoms with Crippen molar-refractivity contribution in [2.75, 3.05) is 6.54 Å². The molecule has 116 valence electrons. The SMILES string of the molecule is Cc1ccc(C)c(S(=O)(=O)N2CCC[C@H]2c2ccccc2)c1. The maximum absolute atomic E-state index is 13.1. The van der Waals surface area contributed by atoms with Gasteiger partial charge in [0.15, 0.2) is 0 Å². The molecule has 0 radical (unpaired) electrons. The van der Waals surface area contributed by atoms with Crippen LogP contribution in [0.4, 0.5) is 0 Å². The standard InChI is InChI=1S/C18H21NO2S/c1-14-10-11-15(2)18(13-14)22(20,21)19-12-6-9-17(19)16-7-4-3-5-8-16/h3-5,7-8,10-11,13,17H,6,9,12H2,1-2H3/t17-/m0/s1. The lowest BCUT2D eigenvalue weighted by atomic mass is 10.1. The van der Waals surface area contributed by atoms with Crippen LogP contribution in [0.3, 0.4) is 0 Å². The van der Waals surface area contributed by atoms with Crippen LogP contribution in [0.15, 0.2) is 53.4 Å². The molecule has 2 aromatic rings. The predicted molar refractivity (Wildman–Crippen MR) is 88.2 cm³/mol. The summed E-state index contributed by atoms with van der Waals surface area (Å²) in [5.41, 5.74) is 2.86. The first-order valence-electron chi connectivity index (χ1n) is 7.64. The first kappa shape index (κ1) is 15.3. The monoisotopic (exact) mass is 315 g/mol. The van der Waals surface area contributed by atoms with Gasteiger partial charge < -0.3 is 0 Å². The van der Waals surface area contributed by atoms with Gasteiger partial charge in [-0.1, -0.05) is 42.5 Å². The molecule has 0 bridgehead atoms. The third-order valence-corrected chi connectivity index (χ3v) is 6.37. The Hall–Kier alpha value is -1.65. The average molecular weight is 315 g/mol. The summed E-state index contributed by atoms with van der Waals surface area (Å²) in [5, 5.41) is 0. The third-order valence-electron chi connectivity index (χ3n) is 4.32. The molecular weight excluding hydrogens is 294 g/mol. The highest BCUT2D eigenvalue weighted by molar-refractivity contribution is 7.89. The number of sulfonamides is 1. The Morgan fingerprint density at radius 3 is 2.50 bits per heavy atom. The summed E-state index contributed by atoms with van der Waals surface area (Å²) in [6.07, 6.45) is 1.79. The Morgan fingerprint density at radius 2 is 1.77 bits per heavy atom. The van der Waals surface area contributed by atoms with Gasteiger partial charge >= 0.3 is 0 Å². The number of rotatable bonds is 3. The van der Waals surface area contributed by atoms with E-state index in [2.05, 4.69) is 0 Å². The molecule has 0 amide bonds. The predicted octanol–water partition coefficient (Wildman–Crippen LogP) is 3.83. The van der Waals surface area contributed by atoms with Crippen molar-refractivity contribution in [2.24, 2.45) is 0 Å². The second-order valence-corrected chi connectivity index (χ2v) is 7.81. The topological polar surface area (TPSA) is 37.4 Å². The minimum absolute atomic E-state index is 0.0499. The van der Waals surface area contributed by atoms with Gasteiger partial charge in [0.1, 0.15) is 0 Å². The molecule has 3 nitrogen and oxygen atoms in total. The highest BCUT2D eigenvalue weighted by atomic mass is 32.2. The van der Waals surface area contributed by atoms with Gasteiger partial charge in [0, 0.05) is 6.54 Å². The van der Waals surface area contributed by atoms with Crippen LogP contribution >= 0.6 is 0 Å². The largest absolute Gasteiger partial charge is 0.243 e. The van der Waals surface area contributed by atoms with Gasteiger partial charge in [-0.15, -0.1) is 0 Å². The number of nitrogens with zero attached hydrogens (tertiary/aromatic N) is 1. The smallest absolute Gasteiger partial charge is 0.207 e. The Labute approximate surface area is 132 Å². The summed E-state index contributed by atoms with van der Waals surface area (Å²) in [7, 11) is -3.46. The van der Waals surface area contributed by atoms with E-state index in [1.165, 1.54) is 0 Å². The summed E-state index contributed by atoms with van der Waals surface area (Å²) in [4.78, 5) is 0.440. The van der Waals surface area contributed by atoms with Crippen LogP contribution in [0.1, 0.15) is 35.6 Å². The van der Waals surface area contributed by atoms with E-state index in [0.717, 1.165) is 29.5 Å². The summed E-state index contributed by atoms with van der Waals surface area (Å²) >= 11 is 0. The normalized spacial score (nSPS) is 19.5. The van der Waals surface area contributed by atoms with Gasteiger partial charge in [-0.05, 0) is 49.4 Å². The summed E-state index contributed by atoms with van der Waals surface area (Å²) in [6, 6.07) is 15.5. The minimum Gasteiger partial charge on any atom is -0.207 e. The Morgan fingerprint density at radius 1 is 1.05 bits per heavy atom.